The Morgan fingerprint density at radius 1 is 1.38 bits per heavy atom. The molecule has 1 atom stereocenters. The fraction of sp³-hybridized carbons (Fsp3) is 0.600. The van der Waals surface area contributed by atoms with Crippen molar-refractivity contribution in [2.45, 2.75) is 25.8 Å². The monoisotopic (exact) mass is 293 g/mol. The van der Waals surface area contributed by atoms with Crippen LogP contribution in [0.1, 0.15) is 19.8 Å². The van der Waals surface area contributed by atoms with E-state index in [1.807, 2.05) is 19.1 Å². The van der Waals surface area contributed by atoms with Crippen molar-refractivity contribution in [1.29, 1.82) is 0 Å². The van der Waals surface area contributed by atoms with E-state index in [0.717, 1.165) is 38.2 Å². The van der Waals surface area contributed by atoms with E-state index in [0.29, 0.717) is 6.04 Å². The van der Waals surface area contributed by atoms with Gasteiger partial charge < -0.3 is 15.3 Å². The van der Waals surface area contributed by atoms with E-state index in [4.69, 9.17) is 5.11 Å². The molecule has 1 aromatic rings. The van der Waals surface area contributed by atoms with Crippen LogP contribution in [0, 0.1) is 16.0 Å². The Balaban J connectivity index is 1.82. The van der Waals surface area contributed by atoms with Crippen molar-refractivity contribution in [3.63, 3.8) is 0 Å². The average molecular weight is 293 g/mol. The standard InChI is InChI=1S/C15H23N3O3/c1-12(11-19)10-16-13-6-8-17(9-7-13)14-2-4-15(5-3-14)18(20)21/h2-5,12-13,16,19H,6-11H2,1H3. The van der Waals surface area contributed by atoms with Crippen LogP contribution in [0.2, 0.25) is 0 Å². The van der Waals surface area contributed by atoms with Crippen LogP contribution < -0.4 is 10.2 Å². The number of aliphatic hydroxyl groups is 1. The summed E-state index contributed by atoms with van der Waals surface area (Å²) in [6.07, 6.45) is 2.10. The number of hydrogen-bond donors (Lipinski definition) is 2. The number of nitro groups is 1. The van der Waals surface area contributed by atoms with E-state index < -0.39 is 0 Å². The van der Waals surface area contributed by atoms with Gasteiger partial charge in [0.25, 0.3) is 5.69 Å². The van der Waals surface area contributed by atoms with Gasteiger partial charge in [0.05, 0.1) is 4.92 Å². The summed E-state index contributed by atoms with van der Waals surface area (Å²) >= 11 is 0. The summed E-state index contributed by atoms with van der Waals surface area (Å²) in [5, 5.41) is 23.2. The van der Waals surface area contributed by atoms with Crippen LogP contribution in [-0.4, -0.2) is 42.3 Å². The van der Waals surface area contributed by atoms with E-state index in [1.165, 1.54) is 0 Å². The highest BCUT2D eigenvalue weighted by Crippen LogP contribution is 2.22. The third-order valence-electron chi connectivity index (χ3n) is 3.99. The molecule has 6 nitrogen and oxygen atoms in total. The molecule has 0 radical (unpaired) electrons. The molecular weight excluding hydrogens is 270 g/mol. The van der Waals surface area contributed by atoms with Gasteiger partial charge in [-0.1, -0.05) is 6.92 Å². The first-order chi connectivity index (χ1) is 10.1. The van der Waals surface area contributed by atoms with Gasteiger partial charge in [0.2, 0.25) is 0 Å². The molecule has 0 amide bonds. The molecule has 116 valence electrons. The maximum absolute atomic E-state index is 10.6. The first-order valence-electron chi connectivity index (χ1n) is 7.43. The molecule has 1 aliphatic rings. The number of nitrogens with one attached hydrogen (secondary N) is 1. The van der Waals surface area contributed by atoms with Crippen LogP contribution in [0.5, 0.6) is 0 Å². The molecular formula is C15H23N3O3. The van der Waals surface area contributed by atoms with Gasteiger partial charge in [0, 0.05) is 50.1 Å². The van der Waals surface area contributed by atoms with Crippen LogP contribution in [0.25, 0.3) is 0 Å². The van der Waals surface area contributed by atoms with Crippen molar-refractivity contribution in [2.75, 3.05) is 31.1 Å². The zero-order chi connectivity index (χ0) is 15.2. The second-order valence-corrected chi connectivity index (χ2v) is 5.73. The molecule has 0 aliphatic carbocycles. The molecule has 21 heavy (non-hydrogen) atoms. The Morgan fingerprint density at radius 3 is 2.52 bits per heavy atom. The Morgan fingerprint density at radius 2 is 2.00 bits per heavy atom. The number of rotatable bonds is 6. The zero-order valence-corrected chi connectivity index (χ0v) is 12.4. The van der Waals surface area contributed by atoms with Crippen molar-refractivity contribution in [3.05, 3.63) is 34.4 Å². The smallest absolute Gasteiger partial charge is 0.269 e. The first-order valence-corrected chi connectivity index (χ1v) is 7.43. The van der Waals surface area contributed by atoms with Crippen molar-refractivity contribution in [3.8, 4) is 0 Å². The van der Waals surface area contributed by atoms with Gasteiger partial charge in [-0.05, 0) is 30.9 Å². The second-order valence-electron chi connectivity index (χ2n) is 5.73. The highest BCUT2D eigenvalue weighted by molar-refractivity contribution is 5.51. The number of nitro benzene ring substituents is 1. The number of nitrogens with zero attached hydrogens (tertiary/aromatic N) is 2. The normalized spacial score (nSPS) is 17.7. The third kappa shape index (κ3) is 4.41. The van der Waals surface area contributed by atoms with Crippen molar-refractivity contribution in [2.24, 2.45) is 5.92 Å². The summed E-state index contributed by atoms with van der Waals surface area (Å²) in [7, 11) is 0. The molecule has 6 heteroatoms. The SMILES string of the molecule is CC(CO)CNC1CCN(c2ccc([N+](=O)[O-])cc2)CC1. The Kier molecular flexibility index (Phi) is 5.52. The average Bonchev–Trinajstić information content (AvgIpc) is 2.53. The lowest BCUT2D eigenvalue weighted by Crippen LogP contribution is -2.44. The van der Waals surface area contributed by atoms with Crippen LogP contribution in [-0.2, 0) is 0 Å². The maximum atomic E-state index is 10.6. The van der Waals surface area contributed by atoms with Crippen molar-refractivity contribution < 1.29 is 10.0 Å². The highest BCUT2D eigenvalue weighted by Gasteiger charge is 2.19. The molecule has 0 spiro atoms. The lowest BCUT2D eigenvalue weighted by Gasteiger charge is -2.34. The van der Waals surface area contributed by atoms with Gasteiger partial charge in [-0.25, -0.2) is 0 Å². The molecule has 2 rings (SSSR count). The fourth-order valence-corrected chi connectivity index (χ4v) is 2.56. The number of anilines is 1. The zero-order valence-electron chi connectivity index (χ0n) is 12.4. The highest BCUT2D eigenvalue weighted by atomic mass is 16.6. The molecule has 2 N–H and O–H groups in total. The summed E-state index contributed by atoms with van der Waals surface area (Å²) < 4.78 is 0. The Labute approximate surface area is 124 Å². The predicted octanol–water partition coefficient (Wildman–Crippen LogP) is 1.78. The summed E-state index contributed by atoms with van der Waals surface area (Å²) in [6, 6.07) is 7.25. The van der Waals surface area contributed by atoms with Gasteiger partial charge in [0.15, 0.2) is 0 Å². The van der Waals surface area contributed by atoms with E-state index in [9.17, 15) is 10.1 Å². The maximum Gasteiger partial charge on any atom is 0.269 e. The van der Waals surface area contributed by atoms with Gasteiger partial charge in [0.1, 0.15) is 0 Å². The van der Waals surface area contributed by atoms with E-state index >= 15 is 0 Å². The molecule has 1 fully saturated rings. The van der Waals surface area contributed by atoms with E-state index in [-0.39, 0.29) is 23.1 Å². The van der Waals surface area contributed by atoms with Gasteiger partial charge in [-0.3, -0.25) is 10.1 Å². The van der Waals surface area contributed by atoms with Gasteiger partial charge in [-0.2, -0.15) is 0 Å². The minimum absolute atomic E-state index is 0.133. The van der Waals surface area contributed by atoms with Crippen LogP contribution in [0.3, 0.4) is 0 Å². The number of hydrogen-bond acceptors (Lipinski definition) is 5. The van der Waals surface area contributed by atoms with Crippen molar-refractivity contribution >= 4 is 11.4 Å². The minimum Gasteiger partial charge on any atom is -0.396 e. The Hall–Kier alpha value is -1.66. The lowest BCUT2D eigenvalue weighted by molar-refractivity contribution is -0.384. The fourth-order valence-electron chi connectivity index (χ4n) is 2.56. The minimum atomic E-state index is -0.373. The predicted molar refractivity (Wildman–Crippen MR) is 82.6 cm³/mol. The molecule has 1 aliphatic heterocycles. The molecule has 0 aromatic heterocycles. The summed E-state index contributed by atoms with van der Waals surface area (Å²) in [5.74, 6) is 0.290. The first kappa shape index (κ1) is 15.7. The quantitative estimate of drug-likeness (QED) is 0.617. The van der Waals surface area contributed by atoms with Gasteiger partial charge >= 0.3 is 0 Å². The number of aliphatic hydroxyl groups excluding tert-OH is 1. The van der Waals surface area contributed by atoms with Crippen LogP contribution >= 0.6 is 0 Å². The summed E-state index contributed by atoms with van der Waals surface area (Å²) in [4.78, 5) is 12.5. The van der Waals surface area contributed by atoms with Crippen molar-refractivity contribution in [1.82, 2.24) is 5.32 Å². The number of non-ortho nitro benzene ring substituents is 1. The molecule has 1 aromatic carbocycles. The molecule has 0 saturated carbocycles. The Bertz CT molecular complexity index is 456. The molecule has 1 saturated heterocycles. The lowest BCUT2D eigenvalue weighted by atomic mass is 10.0. The van der Waals surface area contributed by atoms with Crippen LogP contribution in [0.15, 0.2) is 24.3 Å². The molecule has 1 unspecified atom stereocenters. The summed E-state index contributed by atoms with van der Waals surface area (Å²) in [5.41, 5.74) is 1.18. The summed E-state index contributed by atoms with van der Waals surface area (Å²) in [6.45, 7) is 4.98. The second kappa shape index (κ2) is 7.38. The topological polar surface area (TPSA) is 78.6 Å². The number of piperidine rings is 1. The third-order valence-corrected chi connectivity index (χ3v) is 3.99. The number of benzene rings is 1. The van der Waals surface area contributed by atoms with E-state index in [1.54, 1.807) is 12.1 Å². The van der Waals surface area contributed by atoms with Crippen LogP contribution in [0.4, 0.5) is 11.4 Å². The molecule has 1 heterocycles. The molecule has 0 bridgehead atoms. The van der Waals surface area contributed by atoms with Gasteiger partial charge in [-0.15, -0.1) is 0 Å². The van der Waals surface area contributed by atoms with E-state index in [2.05, 4.69) is 10.2 Å². The largest absolute Gasteiger partial charge is 0.396 e.